The summed E-state index contributed by atoms with van der Waals surface area (Å²) in [6.07, 6.45) is 4.36. The highest BCUT2D eigenvalue weighted by Gasteiger charge is 2.49. The fraction of sp³-hybridized carbons (Fsp3) is 0.116. The molecule has 4 aliphatic rings. The second-order valence-corrected chi connectivity index (χ2v) is 17.6. The van der Waals surface area contributed by atoms with Crippen LogP contribution in [0.4, 0.5) is 28.4 Å². The van der Waals surface area contributed by atoms with Crippen LogP contribution in [0.1, 0.15) is 25.7 Å². The number of benzene rings is 6. The molecule has 0 N–H and O–H groups in total. The third kappa shape index (κ3) is 3.88. The van der Waals surface area contributed by atoms with Crippen LogP contribution >= 0.6 is 0 Å². The maximum atomic E-state index is 6.52. The number of anilines is 5. The molecule has 5 heteroatoms. The molecule has 1 aliphatic carbocycles. The first-order valence-electron chi connectivity index (χ1n) is 17.3. The summed E-state index contributed by atoms with van der Waals surface area (Å²) in [6, 6.07) is 54.4. The van der Waals surface area contributed by atoms with Gasteiger partial charge in [-0.1, -0.05) is 126 Å². The lowest BCUT2D eigenvalue weighted by Crippen LogP contribution is -2.82. The lowest BCUT2D eigenvalue weighted by atomic mass is 9.35. The summed E-state index contributed by atoms with van der Waals surface area (Å²) in [6.45, 7) is 2.71. The molecular weight excluding hydrogens is 599 g/mol. The fourth-order valence-electron chi connectivity index (χ4n) is 9.00. The van der Waals surface area contributed by atoms with Gasteiger partial charge < -0.3 is 14.5 Å². The highest BCUT2D eigenvalue weighted by molar-refractivity contribution is 7.20. The Morgan fingerprint density at radius 3 is 2.15 bits per heavy atom. The molecule has 0 radical (unpaired) electrons. The molecule has 1 unspecified atom stereocenters. The normalized spacial score (nSPS) is 18.6. The molecule has 0 fully saturated rings. The molecule has 0 spiro atoms. The van der Waals surface area contributed by atoms with Crippen molar-refractivity contribution in [3.63, 3.8) is 0 Å². The van der Waals surface area contributed by atoms with Gasteiger partial charge in [-0.25, -0.2) is 0 Å². The SMILES string of the molecule is C[Si]1(c2ccccc2)c2ccccc2B2c3ccc(N4C5=C(CCCC5)Oc5ccccc54)cc3N(c3ccccc3)c3cccc1c32. The molecule has 1 atom stereocenters. The molecule has 6 aromatic carbocycles. The minimum Gasteiger partial charge on any atom is -0.458 e. The van der Waals surface area contributed by atoms with E-state index in [1.807, 2.05) is 0 Å². The first-order chi connectivity index (χ1) is 23.7. The smallest absolute Gasteiger partial charge is 0.246 e. The molecular formula is C43H35BN2OSi. The van der Waals surface area contributed by atoms with E-state index in [0.717, 1.165) is 30.0 Å². The van der Waals surface area contributed by atoms with E-state index >= 15 is 0 Å². The number of allylic oxidation sites excluding steroid dienone is 2. The number of rotatable bonds is 3. The summed E-state index contributed by atoms with van der Waals surface area (Å²) in [4.78, 5) is 5.02. The van der Waals surface area contributed by atoms with Gasteiger partial charge >= 0.3 is 0 Å². The maximum Gasteiger partial charge on any atom is 0.246 e. The Bertz CT molecular complexity index is 2270. The van der Waals surface area contributed by atoms with Gasteiger partial charge in [-0.15, -0.1) is 0 Å². The van der Waals surface area contributed by atoms with Crippen LogP contribution in [-0.2, 0) is 0 Å². The van der Waals surface area contributed by atoms with E-state index in [9.17, 15) is 0 Å². The van der Waals surface area contributed by atoms with Gasteiger partial charge in [0.05, 0.1) is 11.4 Å². The number of hydrogen-bond donors (Lipinski definition) is 0. The Morgan fingerprint density at radius 1 is 0.562 bits per heavy atom. The standard InChI is InChI=1S/C43H35BN2OSi/c1-48(32-17-6-3-7-18-32)41-25-13-8-19-34(41)44-33-28-27-31(46-35-20-9-11-23-39(35)47-40-24-12-10-21-36(40)46)29-38(33)45(30-15-4-2-5-16-30)37-22-14-26-42(48)43(37)44/h2-9,11,13-20,22-23,25-29H,10,12,21,24H2,1H3. The zero-order chi connectivity index (χ0) is 31.8. The van der Waals surface area contributed by atoms with Gasteiger partial charge in [0.25, 0.3) is 0 Å². The fourth-order valence-corrected chi connectivity index (χ4v) is 13.2. The van der Waals surface area contributed by atoms with Crippen LogP contribution in [-0.4, -0.2) is 14.8 Å². The van der Waals surface area contributed by atoms with E-state index in [2.05, 4.69) is 162 Å². The molecule has 0 aromatic heterocycles. The first kappa shape index (κ1) is 27.8. The lowest BCUT2D eigenvalue weighted by molar-refractivity contribution is 0.363. The van der Waals surface area contributed by atoms with Crippen LogP contribution in [0, 0.1) is 0 Å². The van der Waals surface area contributed by atoms with Gasteiger partial charge in [-0.3, -0.25) is 0 Å². The minimum atomic E-state index is -2.31. The van der Waals surface area contributed by atoms with E-state index in [-0.39, 0.29) is 6.71 Å². The monoisotopic (exact) mass is 634 g/mol. The third-order valence-electron chi connectivity index (χ3n) is 11.2. The minimum absolute atomic E-state index is 0.155. The topological polar surface area (TPSA) is 15.7 Å². The molecule has 10 rings (SSSR count). The van der Waals surface area contributed by atoms with Crippen LogP contribution in [0.15, 0.2) is 157 Å². The van der Waals surface area contributed by atoms with Crippen molar-refractivity contribution in [3.8, 4) is 5.75 Å². The molecule has 0 bridgehead atoms. The van der Waals surface area contributed by atoms with Crippen molar-refractivity contribution >= 4 is 75.2 Å². The van der Waals surface area contributed by atoms with Crippen molar-refractivity contribution in [1.29, 1.82) is 0 Å². The van der Waals surface area contributed by atoms with Crippen LogP contribution in [0.25, 0.3) is 0 Å². The zero-order valence-electron chi connectivity index (χ0n) is 27.1. The molecule has 0 saturated heterocycles. The van der Waals surface area contributed by atoms with Crippen molar-refractivity contribution < 1.29 is 4.74 Å². The molecule has 48 heavy (non-hydrogen) atoms. The maximum absolute atomic E-state index is 6.52. The average molecular weight is 635 g/mol. The van der Waals surface area contributed by atoms with E-state index < -0.39 is 8.07 Å². The molecule has 3 nitrogen and oxygen atoms in total. The predicted molar refractivity (Wildman–Crippen MR) is 204 cm³/mol. The van der Waals surface area contributed by atoms with Crippen molar-refractivity contribution in [1.82, 2.24) is 0 Å². The summed E-state index contributed by atoms with van der Waals surface area (Å²) in [7, 11) is -2.31. The summed E-state index contributed by atoms with van der Waals surface area (Å²) in [5.41, 5.74) is 11.6. The quantitative estimate of drug-likeness (QED) is 0.201. The second-order valence-electron chi connectivity index (χ2n) is 13.6. The third-order valence-corrected chi connectivity index (χ3v) is 15.7. The molecule has 230 valence electrons. The number of fused-ring (bicyclic) bond motifs is 5. The molecule has 6 aromatic rings. The number of hydrogen-bond acceptors (Lipinski definition) is 3. The molecule has 0 saturated carbocycles. The molecule has 0 amide bonds. The van der Waals surface area contributed by atoms with Crippen LogP contribution in [0.5, 0.6) is 5.75 Å². The zero-order valence-corrected chi connectivity index (χ0v) is 28.1. The van der Waals surface area contributed by atoms with Gasteiger partial charge in [0, 0.05) is 29.2 Å². The van der Waals surface area contributed by atoms with Crippen LogP contribution in [0.2, 0.25) is 6.55 Å². The van der Waals surface area contributed by atoms with E-state index in [0.29, 0.717) is 0 Å². The van der Waals surface area contributed by atoms with Crippen LogP contribution < -0.4 is 46.5 Å². The van der Waals surface area contributed by atoms with Crippen molar-refractivity contribution in [2.75, 3.05) is 9.80 Å². The van der Waals surface area contributed by atoms with Crippen molar-refractivity contribution in [3.05, 3.63) is 157 Å². The van der Waals surface area contributed by atoms with Gasteiger partial charge in [-0.2, -0.15) is 0 Å². The Kier molecular flexibility index (Phi) is 6.16. The molecule has 3 aliphatic heterocycles. The first-order valence-corrected chi connectivity index (χ1v) is 19.8. The van der Waals surface area contributed by atoms with E-state index in [4.69, 9.17) is 4.74 Å². The summed E-state index contributed by atoms with van der Waals surface area (Å²) < 4.78 is 6.52. The van der Waals surface area contributed by atoms with Gasteiger partial charge in [-0.05, 0) is 77.8 Å². The van der Waals surface area contributed by atoms with Crippen molar-refractivity contribution in [2.45, 2.75) is 32.2 Å². The lowest BCUT2D eigenvalue weighted by Gasteiger charge is -2.46. The van der Waals surface area contributed by atoms with E-state index in [1.165, 1.54) is 73.2 Å². The van der Waals surface area contributed by atoms with Crippen molar-refractivity contribution in [2.24, 2.45) is 0 Å². The van der Waals surface area contributed by atoms with Gasteiger partial charge in [0.2, 0.25) is 6.71 Å². The Hall–Kier alpha value is -5.26. The van der Waals surface area contributed by atoms with Gasteiger partial charge in [0.1, 0.15) is 13.8 Å². The summed E-state index contributed by atoms with van der Waals surface area (Å²) in [5, 5.41) is 4.50. The van der Waals surface area contributed by atoms with Gasteiger partial charge in [0.15, 0.2) is 5.75 Å². The highest BCUT2D eigenvalue weighted by atomic mass is 28.3. The number of para-hydroxylation sites is 3. The summed E-state index contributed by atoms with van der Waals surface area (Å²) in [5.74, 6) is 2.07. The molecule has 3 heterocycles. The van der Waals surface area contributed by atoms with Crippen LogP contribution in [0.3, 0.4) is 0 Å². The average Bonchev–Trinajstić information content (AvgIpc) is 3.15. The van der Waals surface area contributed by atoms with E-state index in [1.54, 1.807) is 0 Å². The summed E-state index contributed by atoms with van der Waals surface area (Å²) >= 11 is 0. The Morgan fingerprint density at radius 2 is 1.27 bits per heavy atom. The largest absolute Gasteiger partial charge is 0.458 e. The predicted octanol–water partition coefficient (Wildman–Crippen LogP) is 6.72. The number of nitrogens with zero attached hydrogens (tertiary/aromatic N) is 2. The highest BCUT2D eigenvalue weighted by Crippen LogP contribution is 2.47. The Labute approximate surface area is 283 Å². The second kappa shape index (κ2) is 10.6. The Balaban J connectivity index is 1.25. The number of ether oxygens (including phenoxy) is 1.